The molecule has 4 nitrogen and oxygen atoms in total. The normalized spacial score (nSPS) is 13.9. The number of amides is 2. The van der Waals surface area contributed by atoms with Crippen molar-refractivity contribution in [3.05, 3.63) is 99.7 Å². The summed E-state index contributed by atoms with van der Waals surface area (Å²) in [7, 11) is 0. The summed E-state index contributed by atoms with van der Waals surface area (Å²) in [4.78, 5) is 27.4. The van der Waals surface area contributed by atoms with Crippen molar-refractivity contribution in [2.24, 2.45) is 0 Å². The van der Waals surface area contributed by atoms with E-state index in [1.165, 1.54) is 6.07 Å². The van der Waals surface area contributed by atoms with Gasteiger partial charge in [0, 0.05) is 16.8 Å². The molecule has 0 aromatic heterocycles. The van der Waals surface area contributed by atoms with Crippen LogP contribution in [0.1, 0.15) is 16.7 Å². The van der Waals surface area contributed by atoms with Gasteiger partial charge in [0.2, 0.25) is 0 Å². The molecule has 2 amide bonds. The van der Waals surface area contributed by atoms with Gasteiger partial charge in [-0.15, -0.1) is 0 Å². The molecule has 1 N–H and O–H groups in total. The highest BCUT2D eigenvalue weighted by atomic mass is 35.5. The Morgan fingerprint density at radius 2 is 1.55 bits per heavy atom. The van der Waals surface area contributed by atoms with Gasteiger partial charge >= 0.3 is 0 Å². The quantitative estimate of drug-likeness (QED) is 0.537. The van der Waals surface area contributed by atoms with E-state index < -0.39 is 23.4 Å². The first-order valence-electron chi connectivity index (χ1n) is 9.44. The zero-order valence-corrected chi connectivity index (χ0v) is 17.4. The molecule has 0 saturated carbocycles. The number of halogens is 3. The van der Waals surface area contributed by atoms with Gasteiger partial charge in [0.15, 0.2) is 11.6 Å². The van der Waals surface area contributed by atoms with Crippen molar-refractivity contribution < 1.29 is 18.4 Å². The summed E-state index contributed by atoms with van der Waals surface area (Å²) in [6.45, 7) is 3.83. The van der Waals surface area contributed by atoms with Gasteiger partial charge in [0.05, 0.1) is 11.3 Å². The highest BCUT2D eigenvalue weighted by Gasteiger charge is 2.40. The van der Waals surface area contributed by atoms with E-state index in [0.29, 0.717) is 16.3 Å². The highest BCUT2D eigenvalue weighted by Crippen LogP contribution is 2.35. The van der Waals surface area contributed by atoms with Gasteiger partial charge < -0.3 is 5.32 Å². The molecule has 1 aliphatic rings. The number of hydrogen-bond acceptors (Lipinski definition) is 3. The van der Waals surface area contributed by atoms with E-state index in [2.05, 4.69) is 5.32 Å². The lowest BCUT2D eigenvalue weighted by Gasteiger charge is -2.16. The monoisotopic (exact) mass is 438 g/mol. The molecule has 0 spiro atoms. The van der Waals surface area contributed by atoms with Crippen LogP contribution in [0.3, 0.4) is 0 Å². The SMILES string of the molecule is Cc1ccc(NC2=C(c3ccc(Cl)cc3)C(=O)N(c3ccc(F)c(F)c3)C2=O)c(C)c1. The Morgan fingerprint density at radius 1 is 0.839 bits per heavy atom. The van der Waals surface area contributed by atoms with Crippen LogP contribution in [0.15, 0.2) is 66.4 Å². The summed E-state index contributed by atoms with van der Waals surface area (Å²) in [5.41, 5.74) is 3.16. The van der Waals surface area contributed by atoms with Crippen molar-refractivity contribution >= 4 is 40.4 Å². The third-order valence-corrected chi connectivity index (χ3v) is 5.27. The van der Waals surface area contributed by atoms with Crippen LogP contribution < -0.4 is 10.2 Å². The standard InChI is InChI=1S/C24H17ClF2N2O2/c1-13-3-10-20(14(2)11-13)28-22-21(15-4-6-16(25)7-5-15)23(30)29(24(22)31)17-8-9-18(26)19(27)12-17/h3-12,28H,1-2H3. The molecule has 7 heteroatoms. The number of nitrogens with zero attached hydrogens (tertiary/aromatic N) is 1. The average Bonchev–Trinajstić information content (AvgIpc) is 2.97. The number of rotatable bonds is 4. The van der Waals surface area contributed by atoms with Crippen LogP contribution in [0, 0.1) is 25.5 Å². The van der Waals surface area contributed by atoms with Gasteiger partial charge in [-0.05, 0) is 55.3 Å². The first kappa shape index (κ1) is 20.8. The van der Waals surface area contributed by atoms with Crippen molar-refractivity contribution in [2.75, 3.05) is 10.2 Å². The Hall–Kier alpha value is -3.51. The van der Waals surface area contributed by atoms with Crippen molar-refractivity contribution in [3.8, 4) is 0 Å². The lowest BCUT2D eigenvalue weighted by Crippen LogP contribution is -2.32. The first-order valence-corrected chi connectivity index (χ1v) is 9.82. The Labute approximate surface area is 182 Å². The molecule has 3 aromatic carbocycles. The van der Waals surface area contributed by atoms with Crippen LogP contribution >= 0.6 is 11.6 Å². The maximum absolute atomic E-state index is 13.8. The predicted octanol–water partition coefficient (Wildman–Crippen LogP) is 5.63. The molecule has 0 fully saturated rings. The maximum atomic E-state index is 13.8. The fourth-order valence-electron chi connectivity index (χ4n) is 3.48. The van der Waals surface area contributed by atoms with Crippen LogP contribution in [0.4, 0.5) is 20.2 Å². The maximum Gasteiger partial charge on any atom is 0.282 e. The third-order valence-electron chi connectivity index (χ3n) is 5.02. The molecule has 31 heavy (non-hydrogen) atoms. The number of imide groups is 1. The predicted molar refractivity (Wildman–Crippen MR) is 117 cm³/mol. The summed E-state index contributed by atoms with van der Waals surface area (Å²) in [6, 6.07) is 15.0. The summed E-state index contributed by atoms with van der Waals surface area (Å²) < 4.78 is 27.2. The molecule has 0 saturated heterocycles. The van der Waals surface area contributed by atoms with E-state index >= 15 is 0 Å². The first-order chi connectivity index (χ1) is 14.8. The molecule has 1 aliphatic heterocycles. The zero-order chi connectivity index (χ0) is 22.3. The fraction of sp³-hybridized carbons (Fsp3) is 0.0833. The van der Waals surface area contributed by atoms with Gasteiger partial charge in [0.1, 0.15) is 5.70 Å². The summed E-state index contributed by atoms with van der Waals surface area (Å²) in [5.74, 6) is -3.53. The van der Waals surface area contributed by atoms with Gasteiger partial charge in [-0.2, -0.15) is 0 Å². The topological polar surface area (TPSA) is 49.4 Å². The van der Waals surface area contributed by atoms with E-state index in [-0.39, 0.29) is 17.0 Å². The van der Waals surface area contributed by atoms with Gasteiger partial charge in [0.25, 0.3) is 11.8 Å². The molecule has 1 heterocycles. The van der Waals surface area contributed by atoms with Crippen molar-refractivity contribution in [3.63, 3.8) is 0 Å². The molecule has 0 radical (unpaired) electrons. The lowest BCUT2D eigenvalue weighted by molar-refractivity contribution is -0.120. The highest BCUT2D eigenvalue weighted by molar-refractivity contribution is 6.46. The molecule has 0 bridgehead atoms. The molecule has 0 aliphatic carbocycles. The van der Waals surface area contributed by atoms with E-state index in [1.54, 1.807) is 24.3 Å². The molecule has 3 aromatic rings. The second-order valence-electron chi connectivity index (χ2n) is 7.24. The number of carbonyl (C=O) groups is 2. The number of anilines is 2. The second kappa shape index (κ2) is 7.96. The van der Waals surface area contributed by atoms with Crippen LogP contribution in [0.25, 0.3) is 5.57 Å². The molecule has 156 valence electrons. The Kier molecular flexibility index (Phi) is 5.33. The minimum Gasteiger partial charge on any atom is -0.350 e. The lowest BCUT2D eigenvalue weighted by atomic mass is 10.0. The van der Waals surface area contributed by atoms with Gasteiger partial charge in [-0.1, -0.05) is 41.4 Å². The van der Waals surface area contributed by atoms with Crippen LogP contribution in [0.5, 0.6) is 0 Å². The summed E-state index contributed by atoms with van der Waals surface area (Å²) >= 11 is 5.97. The zero-order valence-electron chi connectivity index (χ0n) is 16.7. The molecule has 4 rings (SSSR count). The summed E-state index contributed by atoms with van der Waals surface area (Å²) in [6.07, 6.45) is 0. The number of carbonyl (C=O) groups excluding carboxylic acids is 2. The number of hydrogen-bond donors (Lipinski definition) is 1. The number of aryl methyl sites for hydroxylation is 2. The molecule has 0 unspecified atom stereocenters. The third kappa shape index (κ3) is 3.82. The largest absolute Gasteiger partial charge is 0.350 e. The van der Waals surface area contributed by atoms with Crippen LogP contribution in [-0.4, -0.2) is 11.8 Å². The second-order valence-corrected chi connectivity index (χ2v) is 7.68. The number of benzene rings is 3. The smallest absolute Gasteiger partial charge is 0.282 e. The van der Waals surface area contributed by atoms with E-state index in [9.17, 15) is 18.4 Å². The Morgan fingerprint density at radius 3 is 2.19 bits per heavy atom. The summed E-state index contributed by atoms with van der Waals surface area (Å²) in [5, 5.41) is 3.55. The number of nitrogens with one attached hydrogen (secondary N) is 1. The van der Waals surface area contributed by atoms with E-state index in [1.807, 2.05) is 32.0 Å². The minimum atomic E-state index is -1.15. The van der Waals surface area contributed by atoms with Crippen molar-refractivity contribution in [2.45, 2.75) is 13.8 Å². The Balaban J connectivity index is 1.84. The average molecular weight is 439 g/mol. The van der Waals surface area contributed by atoms with Crippen LogP contribution in [0.2, 0.25) is 5.02 Å². The van der Waals surface area contributed by atoms with Crippen molar-refractivity contribution in [1.29, 1.82) is 0 Å². The van der Waals surface area contributed by atoms with Gasteiger partial charge in [-0.3, -0.25) is 9.59 Å². The fourth-order valence-corrected chi connectivity index (χ4v) is 3.60. The molecular formula is C24H17ClF2N2O2. The minimum absolute atomic E-state index is 0.0454. The molecular weight excluding hydrogens is 422 g/mol. The van der Waals surface area contributed by atoms with Crippen molar-refractivity contribution in [1.82, 2.24) is 0 Å². The van der Waals surface area contributed by atoms with E-state index in [0.717, 1.165) is 28.2 Å². The van der Waals surface area contributed by atoms with Gasteiger partial charge in [-0.25, -0.2) is 13.7 Å². The molecule has 0 atom stereocenters. The van der Waals surface area contributed by atoms with Crippen LogP contribution in [-0.2, 0) is 9.59 Å². The Bertz CT molecular complexity index is 1250. The van der Waals surface area contributed by atoms with E-state index in [4.69, 9.17) is 11.6 Å².